The number of halogens is 1. The first kappa shape index (κ1) is 20.0. The number of hydrogen-bond donors (Lipinski definition) is 2. The highest BCUT2D eigenvalue weighted by Gasteiger charge is 2.19. The molecule has 130 valence electrons. The topological polar surface area (TPSA) is 50.4 Å². The van der Waals surface area contributed by atoms with E-state index >= 15 is 0 Å². The first-order valence-electron chi connectivity index (χ1n) is 8.20. The van der Waals surface area contributed by atoms with Crippen LogP contribution in [-0.2, 0) is 4.74 Å². The van der Waals surface area contributed by atoms with Crippen molar-refractivity contribution in [1.29, 1.82) is 0 Å². The van der Waals surface area contributed by atoms with Gasteiger partial charge in [0.2, 0.25) is 0 Å². The quantitative estimate of drug-likeness (QED) is 0.709. The smallest absolute Gasteiger partial charge is 0.407 e. The molecule has 0 heterocycles. The van der Waals surface area contributed by atoms with Gasteiger partial charge in [0.25, 0.3) is 0 Å². The number of amides is 1. The van der Waals surface area contributed by atoms with E-state index < -0.39 is 5.60 Å². The first-order chi connectivity index (χ1) is 10.7. The lowest BCUT2D eigenvalue weighted by Gasteiger charge is -2.25. The zero-order chi connectivity index (χ0) is 17.5. The molecule has 0 aliphatic rings. The number of hydrogen-bond acceptors (Lipinski definition) is 3. The molecule has 0 aliphatic heterocycles. The highest BCUT2D eigenvalue weighted by molar-refractivity contribution is 9.10. The Kier molecular flexibility index (Phi) is 8.06. The highest BCUT2D eigenvalue weighted by Crippen LogP contribution is 2.23. The van der Waals surface area contributed by atoms with Crippen molar-refractivity contribution < 1.29 is 9.53 Å². The molecular formula is C18H29BrN2O2. The van der Waals surface area contributed by atoms with E-state index in [4.69, 9.17) is 4.74 Å². The Morgan fingerprint density at radius 3 is 2.52 bits per heavy atom. The van der Waals surface area contributed by atoms with E-state index in [1.807, 2.05) is 39.0 Å². The van der Waals surface area contributed by atoms with Crippen LogP contribution in [0.5, 0.6) is 0 Å². The molecule has 2 atom stereocenters. The van der Waals surface area contributed by atoms with E-state index in [1.165, 1.54) is 5.56 Å². The van der Waals surface area contributed by atoms with Crippen LogP contribution in [0.2, 0.25) is 0 Å². The molecule has 0 saturated carbocycles. The monoisotopic (exact) mass is 384 g/mol. The van der Waals surface area contributed by atoms with Gasteiger partial charge < -0.3 is 15.4 Å². The lowest BCUT2D eigenvalue weighted by atomic mass is 10.1. The fourth-order valence-corrected chi connectivity index (χ4v) is 3.01. The number of benzene rings is 1. The van der Waals surface area contributed by atoms with Gasteiger partial charge in [0.15, 0.2) is 0 Å². The second-order valence-corrected chi connectivity index (χ2v) is 7.63. The Morgan fingerprint density at radius 1 is 1.30 bits per heavy atom. The minimum atomic E-state index is -0.472. The van der Waals surface area contributed by atoms with Crippen LogP contribution in [0.4, 0.5) is 4.79 Å². The maximum absolute atomic E-state index is 11.8. The molecule has 1 amide bonds. The van der Waals surface area contributed by atoms with Gasteiger partial charge >= 0.3 is 6.09 Å². The summed E-state index contributed by atoms with van der Waals surface area (Å²) in [5, 5.41) is 6.45. The summed E-state index contributed by atoms with van der Waals surface area (Å²) in [6, 6.07) is 8.59. The van der Waals surface area contributed by atoms with E-state index in [1.54, 1.807) is 0 Å². The van der Waals surface area contributed by atoms with E-state index in [9.17, 15) is 4.79 Å². The van der Waals surface area contributed by atoms with E-state index in [0.29, 0.717) is 6.54 Å². The summed E-state index contributed by atoms with van der Waals surface area (Å²) >= 11 is 3.59. The normalized spacial score (nSPS) is 14.2. The van der Waals surface area contributed by atoms with Crippen molar-refractivity contribution in [3.8, 4) is 0 Å². The molecule has 2 unspecified atom stereocenters. The van der Waals surface area contributed by atoms with Crippen LogP contribution in [0, 0.1) is 0 Å². The van der Waals surface area contributed by atoms with Gasteiger partial charge in [-0.05, 0) is 45.7 Å². The lowest BCUT2D eigenvalue weighted by Crippen LogP contribution is -2.43. The molecule has 1 aromatic rings. The Balaban J connectivity index is 2.58. The second kappa shape index (κ2) is 9.28. The number of ether oxygens (including phenoxy) is 1. The summed E-state index contributed by atoms with van der Waals surface area (Å²) in [5.74, 6) is 0. The number of alkyl carbamates (subject to hydrolysis) is 1. The van der Waals surface area contributed by atoms with Crippen molar-refractivity contribution in [3.63, 3.8) is 0 Å². The minimum Gasteiger partial charge on any atom is -0.444 e. The summed E-state index contributed by atoms with van der Waals surface area (Å²) < 4.78 is 6.38. The average Bonchev–Trinajstić information content (AvgIpc) is 2.43. The number of nitrogens with one attached hydrogen (secondary N) is 2. The Labute approximate surface area is 148 Å². The molecule has 5 heteroatoms. The number of rotatable bonds is 7. The highest BCUT2D eigenvalue weighted by atomic mass is 79.9. The van der Waals surface area contributed by atoms with E-state index in [-0.39, 0.29) is 18.2 Å². The Morgan fingerprint density at radius 2 is 1.96 bits per heavy atom. The van der Waals surface area contributed by atoms with Gasteiger partial charge in [0.05, 0.1) is 0 Å². The molecule has 2 N–H and O–H groups in total. The van der Waals surface area contributed by atoms with Crippen LogP contribution < -0.4 is 10.6 Å². The molecule has 0 bridgehead atoms. The molecule has 1 aromatic carbocycles. The predicted molar refractivity (Wildman–Crippen MR) is 98.6 cm³/mol. The average molecular weight is 385 g/mol. The third-order valence-electron chi connectivity index (χ3n) is 3.39. The fourth-order valence-electron chi connectivity index (χ4n) is 2.38. The fraction of sp³-hybridized carbons (Fsp3) is 0.611. The van der Waals surface area contributed by atoms with Gasteiger partial charge in [-0.25, -0.2) is 4.79 Å². The Hall–Kier alpha value is -1.07. The summed E-state index contributed by atoms with van der Waals surface area (Å²) in [7, 11) is 0. The zero-order valence-corrected chi connectivity index (χ0v) is 16.4. The maximum atomic E-state index is 11.8. The van der Waals surface area contributed by atoms with Gasteiger partial charge in [0, 0.05) is 23.1 Å². The molecular weight excluding hydrogens is 356 g/mol. The van der Waals surface area contributed by atoms with Crippen molar-refractivity contribution in [2.75, 3.05) is 6.54 Å². The van der Waals surface area contributed by atoms with Crippen molar-refractivity contribution >= 4 is 22.0 Å². The third kappa shape index (κ3) is 7.84. The molecule has 0 aromatic heterocycles. The molecule has 1 rings (SSSR count). The number of carbonyl (C=O) groups excluding carboxylic acids is 1. The summed E-state index contributed by atoms with van der Waals surface area (Å²) in [6.07, 6.45) is 1.68. The molecule has 0 saturated heterocycles. The van der Waals surface area contributed by atoms with Gasteiger partial charge in [-0.15, -0.1) is 0 Å². The van der Waals surface area contributed by atoms with Crippen molar-refractivity contribution in [2.45, 2.75) is 65.1 Å². The predicted octanol–water partition coefficient (Wildman–Crippen LogP) is 4.79. The van der Waals surface area contributed by atoms with Crippen LogP contribution in [-0.4, -0.2) is 24.3 Å². The van der Waals surface area contributed by atoms with Gasteiger partial charge in [0.1, 0.15) is 5.60 Å². The number of carbonyl (C=O) groups is 1. The zero-order valence-electron chi connectivity index (χ0n) is 14.8. The Bertz CT molecular complexity index is 500. The van der Waals surface area contributed by atoms with Crippen LogP contribution in [0.15, 0.2) is 28.7 Å². The van der Waals surface area contributed by atoms with Crippen LogP contribution >= 0.6 is 15.9 Å². The SMILES string of the molecule is CCCC(CNC(=O)OC(C)(C)C)NC(C)c1ccccc1Br. The van der Waals surface area contributed by atoms with Gasteiger partial charge in [-0.1, -0.05) is 47.5 Å². The van der Waals surface area contributed by atoms with Crippen LogP contribution in [0.25, 0.3) is 0 Å². The van der Waals surface area contributed by atoms with Crippen LogP contribution in [0.3, 0.4) is 0 Å². The van der Waals surface area contributed by atoms with E-state index in [0.717, 1.165) is 17.3 Å². The minimum absolute atomic E-state index is 0.197. The summed E-state index contributed by atoms with van der Waals surface area (Å²) in [4.78, 5) is 11.8. The van der Waals surface area contributed by atoms with Crippen molar-refractivity contribution in [2.24, 2.45) is 0 Å². The molecule has 4 nitrogen and oxygen atoms in total. The van der Waals surface area contributed by atoms with Gasteiger partial charge in [-0.2, -0.15) is 0 Å². The van der Waals surface area contributed by atoms with Gasteiger partial charge in [-0.3, -0.25) is 0 Å². The third-order valence-corrected chi connectivity index (χ3v) is 4.11. The van der Waals surface area contributed by atoms with E-state index in [2.05, 4.69) is 46.5 Å². The standard InChI is InChI=1S/C18H29BrN2O2/c1-6-9-14(12-20-17(22)23-18(3,4)5)21-13(2)15-10-7-8-11-16(15)19/h7-8,10-11,13-14,21H,6,9,12H2,1-5H3,(H,20,22). The van der Waals surface area contributed by atoms with Crippen molar-refractivity contribution in [3.05, 3.63) is 34.3 Å². The molecule has 23 heavy (non-hydrogen) atoms. The molecule has 0 spiro atoms. The van der Waals surface area contributed by atoms with Crippen molar-refractivity contribution in [1.82, 2.24) is 10.6 Å². The largest absolute Gasteiger partial charge is 0.444 e. The molecule has 0 aliphatic carbocycles. The maximum Gasteiger partial charge on any atom is 0.407 e. The van der Waals surface area contributed by atoms with Crippen LogP contribution in [0.1, 0.15) is 59.1 Å². The summed E-state index contributed by atoms with van der Waals surface area (Å²) in [6.45, 7) is 10.4. The first-order valence-corrected chi connectivity index (χ1v) is 8.99. The lowest BCUT2D eigenvalue weighted by molar-refractivity contribution is 0.0521. The summed E-state index contributed by atoms with van der Waals surface area (Å²) in [5.41, 5.74) is 0.742. The second-order valence-electron chi connectivity index (χ2n) is 6.78. The molecule has 0 radical (unpaired) electrons. The molecule has 0 fully saturated rings.